The lowest BCUT2D eigenvalue weighted by Crippen LogP contribution is -2.61. The zero-order valence-electron chi connectivity index (χ0n) is 54.3. The first kappa shape index (κ1) is 79.2. The number of allylic oxidation sites excluding steroid dienone is 12. The number of ether oxygens (including phenoxy) is 5. The normalized spacial score (nSPS) is 17.9. The maximum absolute atomic E-state index is 13.2. The second-order valence-electron chi connectivity index (χ2n) is 23.8. The van der Waals surface area contributed by atoms with Crippen LogP contribution in [-0.4, -0.2) is 89.2 Å². The van der Waals surface area contributed by atoms with Gasteiger partial charge in [0, 0.05) is 19.3 Å². The van der Waals surface area contributed by atoms with Crippen molar-refractivity contribution in [3.8, 4) is 0 Å². The van der Waals surface area contributed by atoms with E-state index in [0.29, 0.717) is 19.3 Å². The molecule has 1 fully saturated rings. The predicted octanol–water partition coefficient (Wildman–Crippen LogP) is 19.2. The van der Waals surface area contributed by atoms with Gasteiger partial charge in [-0.25, -0.2) is 4.79 Å². The summed E-state index contributed by atoms with van der Waals surface area (Å²) >= 11 is 0. The molecule has 0 aromatic rings. The lowest BCUT2D eigenvalue weighted by atomic mass is 9.98. The van der Waals surface area contributed by atoms with Crippen LogP contribution in [0.25, 0.3) is 0 Å². The molecular weight excluding hydrogens is 1070 g/mol. The number of aliphatic carboxylic acids is 1. The molecule has 0 aromatic carbocycles. The summed E-state index contributed by atoms with van der Waals surface area (Å²) in [7, 11) is 0. The summed E-state index contributed by atoms with van der Waals surface area (Å²) in [6.07, 6.45) is 65.6. The fraction of sp³-hybridized carbons (Fsp3) is 0.781. The van der Waals surface area contributed by atoms with Crippen LogP contribution in [0, 0.1) is 0 Å². The van der Waals surface area contributed by atoms with E-state index in [1.54, 1.807) is 0 Å². The standard InChI is InChI=1S/C73H126O12/c1-4-7-10-13-16-19-22-25-28-31-33-36-38-41-44-47-50-53-56-59-65(74)81-62-64(83-66(75)60-57-54-51-48-45-42-39-35-30-27-24-21-18-15-12-9-6-3)63-82-73-71(69(78)68(77)70(85-73)72(79)80)84-67(76)61-58-55-52-49-46-43-40-37-34-32-29-26-23-20-17-14-11-8-5-2/h8,11,16-17,19-20,25-26,28-29,34,37,64,68-71,73,77-78H,4-7,9-10,12-15,18,21-24,27,30-33,35-36,38-63H2,1-3H3,(H,79,80)/b11-8-,19-16-,20-17-,28-25-,29-26-,37-34-. The van der Waals surface area contributed by atoms with E-state index in [-0.39, 0.29) is 25.9 Å². The number of carboxylic acids is 1. The summed E-state index contributed by atoms with van der Waals surface area (Å²) < 4.78 is 28.6. The fourth-order valence-corrected chi connectivity index (χ4v) is 10.5. The van der Waals surface area contributed by atoms with Gasteiger partial charge in [-0.15, -0.1) is 0 Å². The summed E-state index contributed by atoms with van der Waals surface area (Å²) in [6.45, 7) is 5.91. The summed E-state index contributed by atoms with van der Waals surface area (Å²) in [5.41, 5.74) is 0. The van der Waals surface area contributed by atoms with Crippen molar-refractivity contribution >= 4 is 23.9 Å². The van der Waals surface area contributed by atoms with Crippen molar-refractivity contribution in [3.63, 3.8) is 0 Å². The quantitative estimate of drug-likeness (QED) is 0.0228. The van der Waals surface area contributed by atoms with E-state index in [1.165, 1.54) is 141 Å². The maximum atomic E-state index is 13.2. The van der Waals surface area contributed by atoms with E-state index in [4.69, 9.17) is 23.7 Å². The molecule has 0 bridgehead atoms. The Morgan fingerprint density at radius 1 is 0.400 bits per heavy atom. The first-order valence-corrected chi connectivity index (χ1v) is 34.9. The van der Waals surface area contributed by atoms with Gasteiger partial charge in [-0.1, -0.05) is 280 Å². The smallest absolute Gasteiger partial charge is 0.335 e. The van der Waals surface area contributed by atoms with Crippen molar-refractivity contribution in [2.45, 2.75) is 353 Å². The summed E-state index contributed by atoms with van der Waals surface area (Å²) in [5, 5.41) is 31.7. The predicted molar refractivity (Wildman–Crippen MR) is 349 cm³/mol. The third kappa shape index (κ3) is 49.8. The van der Waals surface area contributed by atoms with Crippen LogP contribution in [-0.2, 0) is 42.9 Å². The minimum Gasteiger partial charge on any atom is -0.479 e. The summed E-state index contributed by atoms with van der Waals surface area (Å²) in [4.78, 5) is 51.5. The Kier molecular flexibility index (Phi) is 56.3. The average molecular weight is 1200 g/mol. The van der Waals surface area contributed by atoms with Gasteiger partial charge in [0.2, 0.25) is 0 Å². The molecule has 0 saturated carbocycles. The molecular formula is C73H126O12. The maximum Gasteiger partial charge on any atom is 0.335 e. The Morgan fingerprint density at radius 3 is 1.15 bits per heavy atom. The molecule has 1 aliphatic rings. The molecule has 1 heterocycles. The van der Waals surface area contributed by atoms with Gasteiger partial charge in [-0.05, 0) is 89.9 Å². The highest BCUT2D eigenvalue weighted by Crippen LogP contribution is 2.27. The van der Waals surface area contributed by atoms with E-state index in [2.05, 4.69) is 93.7 Å². The van der Waals surface area contributed by atoms with Crippen LogP contribution < -0.4 is 0 Å². The number of carbonyl (C=O) groups excluding carboxylic acids is 3. The number of hydrogen-bond donors (Lipinski definition) is 3. The van der Waals surface area contributed by atoms with Gasteiger partial charge in [0.25, 0.3) is 0 Å². The molecule has 490 valence electrons. The highest BCUT2D eigenvalue weighted by Gasteiger charge is 2.50. The van der Waals surface area contributed by atoms with E-state index >= 15 is 0 Å². The molecule has 6 atom stereocenters. The number of aliphatic hydroxyl groups excluding tert-OH is 2. The van der Waals surface area contributed by atoms with Gasteiger partial charge >= 0.3 is 23.9 Å². The molecule has 85 heavy (non-hydrogen) atoms. The van der Waals surface area contributed by atoms with Crippen LogP contribution in [0.5, 0.6) is 0 Å². The number of rotatable bonds is 60. The van der Waals surface area contributed by atoms with Crippen LogP contribution >= 0.6 is 0 Å². The van der Waals surface area contributed by atoms with Gasteiger partial charge < -0.3 is 39.0 Å². The van der Waals surface area contributed by atoms with E-state index in [0.717, 1.165) is 116 Å². The first-order valence-electron chi connectivity index (χ1n) is 34.9. The topological polar surface area (TPSA) is 175 Å². The van der Waals surface area contributed by atoms with Crippen molar-refractivity contribution in [3.05, 3.63) is 72.9 Å². The molecule has 6 unspecified atom stereocenters. The molecule has 1 aliphatic heterocycles. The third-order valence-corrected chi connectivity index (χ3v) is 15.8. The Bertz CT molecular complexity index is 1750. The van der Waals surface area contributed by atoms with Crippen LogP contribution in [0.15, 0.2) is 72.9 Å². The third-order valence-electron chi connectivity index (χ3n) is 15.8. The Hall–Kier alpha value is -3.84. The molecule has 12 nitrogen and oxygen atoms in total. The van der Waals surface area contributed by atoms with E-state index in [1.807, 2.05) is 0 Å². The van der Waals surface area contributed by atoms with Gasteiger partial charge in [0.05, 0.1) is 6.61 Å². The Morgan fingerprint density at radius 2 is 0.741 bits per heavy atom. The van der Waals surface area contributed by atoms with Crippen molar-refractivity contribution in [1.29, 1.82) is 0 Å². The number of aliphatic hydroxyl groups is 2. The molecule has 3 N–H and O–H groups in total. The second kappa shape index (κ2) is 60.4. The Balaban J connectivity index is 2.64. The van der Waals surface area contributed by atoms with Crippen molar-refractivity contribution in [1.82, 2.24) is 0 Å². The van der Waals surface area contributed by atoms with E-state index in [9.17, 15) is 34.5 Å². The minimum atomic E-state index is -1.91. The van der Waals surface area contributed by atoms with Gasteiger partial charge in [0.15, 0.2) is 24.6 Å². The fourth-order valence-electron chi connectivity index (χ4n) is 10.5. The van der Waals surface area contributed by atoms with Crippen LogP contribution in [0.1, 0.15) is 316 Å². The molecule has 0 radical (unpaired) electrons. The van der Waals surface area contributed by atoms with Crippen molar-refractivity contribution in [2.75, 3.05) is 13.2 Å². The highest BCUT2D eigenvalue weighted by atomic mass is 16.7. The summed E-state index contributed by atoms with van der Waals surface area (Å²) in [5.74, 6) is -3.12. The lowest BCUT2D eigenvalue weighted by Gasteiger charge is -2.40. The van der Waals surface area contributed by atoms with Crippen molar-refractivity contribution in [2.24, 2.45) is 0 Å². The van der Waals surface area contributed by atoms with E-state index < -0.39 is 67.3 Å². The van der Waals surface area contributed by atoms with Crippen molar-refractivity contribution < 1.29 is 58.2 Å². The average Bonchev–Trinajstić information content (AvgIpc) is 2.79. The van der Waals surface area contributed by atoms with Crippen LogP contribution in [0.2, 0.25) is 0 Å². The van der Waals surface area contributed by atoms with Crippen LogP contribution in [0.4, 0.5) is 0 Å². The molecule has 0 aliphatic carbocycles. The molecule has 1 rings (SSSR count). The number of unbranched alkanes of at least 4 members (excludes halogenated alkanes) is 34. The van der Waals surface area contributed by atoms with Gasteiger partial charge in [-0.2, -0.15) is 0 Å². The molecule has 1 saturated heterocycles. The monoisotopic (exact) mass is 1190 g/mol. The molecule has 0 spiro atoms. The number of esters is 3. The molecule has 0 amide bonds. The molecule has 12 heteroatoms. The SMILES string of the molecule is CC/C=C\C/C=C\C/C=C\C/C=C\CCCCCCCCC(=O)OC1C(OCC(COC(=O)CCCCCCCCCCC/C=C\C/C=C\CCCCC)OC(=O)CCCCCCCCCCCCCCCCCCC)OC(C(=O)O)C(O)C1O. The minimum absolute atomic E-state index is 0.0438. The zero-order chi connectivity index (χ0) is 61.7. The van der Waals surface area contributed by atoms with Gasteiger partial charge in [0.1, 0.15) is 18.8 Å². The number of carboxylic acid groups (broad SMARTS) is 1. The molecule has 0 aromatic heterocycles. The summed E-state index contributed by atoms with van der Waals surface area (Å²) in [6, 6.07) is 0. The highest BCUT2D eigenvalue weighted by molar-refractivity contribution is 5.74. The number of hydrogen-bond acceptors (Lipinski definition) is 11. The zero-order valence-corrected chi connectivity index (χ0v) is 54.3. The number of carbonyl (C=O) groups is 4. The largest absolute Gasteiger partial charge is 0.479 e. The second-order valence-corrected chi connectivity index (χ2v) is 23.8. The Labute approximate surface area is 518 Å². The van der Waals surface area contributed by atoms with Gasteiger partial charge in [-0.3, -0.25) is 14.4 Å². The van der Waals surface area contributed by atoms with Crippen LogP contribution in [0.3, 0.4) is 0 Å². The first-order chi connectivity index (χ1) is 41.6. The lowest BCUT2D eigenvalue weighted by molar-refractivity contribution is -0.301.